The molecule has 0 N–H and O–H groups in total. The minimum atomic E-state index is -0.236. The van der Waals surface area contributed by atoms with Crippen LogP contribution in [-0.4, -0.2) is 22.7 Å². The van der Waals surface area contributed by atoms with Crippen molar-refractivity contribution in [1.29, 1.82) is 0 Å². The van der Waals surface area contributed by atoms with E-state index in [-0.39, 0.29) is 10.8 Å². The van der Waals surface area contributed by atoms with E-state index < -0.39 is 0 Å². The highest BCUT2D eigenvalue weighted by Crippen LogP contribution is 2.03. The molecule has 2 nitrogen and oxygen atoms in total. The number of ether oxygens (including phenoxy) is 1. The smallest absolute Gasteiger partial charge is 0.302 e. The van der Waals surface area contributed by atoms with Gasteiger partial charge < -0.3 is 4.74 Å². The fraction of sp³-hybridized carbons (Fsp3) is 0.800. The topological polar surface area (TPSA) is 26.3 Å². The largest absolute Gasteiger partial charge is 0.465 e. The molecule has 0 radical (unpaired) electrons. The molecule has 54 valence electrons. The number of esters is 1. The molecule has 0 saturated heterocycles. The van der Waals surface area contributed by atoms with Crippen molar-refractivity contribution in [3.63, 3.8) is 0 Å². The first-order valence-electron chi connectivity index (χ1n) is 2.50. The minimum Gasteiger partial charge on any atom is -0.465 e. The van der Waals surface area contributed by atoms with Crippen LogP contribution >= 0.6 is 31.9 Å². The van der Waals surface area contributed by atoms with Crippen LogP contribution in [0.5, 0.6) is 0 Å². The van der Waals surface area contributed by atoms with Crippen LogP contribution in [0.3, 0.4) is 0 Å². The average molecular weight is 260 g/mol. The Bertz CT molecular complexity index is 95.0. The maximum absolute atomic E-state index is 10.2. The predicted molar refractivity (Wildman–Crippen MR) is 43.1 cm³/mol. The van der Waals surface area contributed by atoms with E-state index >= 15 is 0 Å². The summed E-state index contributed by atoms with van der Waals surface area (Å²) >= 11 is 6.51. The van der Waals surface area contributed by atoms with Gasteiger partial charge in [0.15, 0.2) is 0 Å². The molecule has 0 heterocycles. The zero-order chi connectivity index (χ0) is 7.28. The van der Waals surface area contributed by atoms with Gasteiger partial charge in [0.05, 0.1) is 4.83 Å². The Kier molecular flexibility index (Phi) is 5.48. The van der Waals surface area contributed by atoms with Crippen molar-refractivity contribution in [3.8, 4) is 0 Å². The third kappa shape index (κ3) is 6.31. The summed E-state index contributed by atoms with van der Waals surface area (Å²) in [5.41, 5.74) is 0. The number of carbonyl (C=O) groups excluding carboxylic acids is 1. The highest BCUT2D eigenvalue weighted by atomic mass is 79.9. The molecule has 0 rings (SSSR count). The molecule has 0 spiro atoms. The second-order valence-electron chi connectivity index (χ2n) is 1.55. The van der Waals surface area contributed by atoms with Crippen molar-refractivity contribution in [2.75, 3.05) is 11.9 Å². The predicted octanol–water partition coefficient (Wildman–Crippen LogP) is 1.71. The van der Waals surface area contributed by atoms with E-state index in [1.165, 1.54) is 6.92 Å². The summed E-state index contributed by atoms with van der Waals surface area (Å²) in [5, 5.41) is 0.792. The van der Waals surface area contributed by atoms with E-state index in [2.05, 4.69) is 36.6 Å². The molecule has 0 aromatic carbocycles. The maximum atomic E-state index is 10.2. The Morgan fingerprint density at radius 1 is 1.78 bits per heavy atom. The van der Waals surface area contributed by atoms with Crippen LogP contribution in [0.25, 0.3) is 0 Å². The van der Waals surface area contributed by atoms with Crippen molar-refractivity contribution in [3.05, 3.63) is 0 Å². The summed E-state index contributed by atoms with van der Waals surface area (Å²) in [5.74, 6) is -0.236. The Balaban J connectivity index is 3.16. The zero-order valence-corrected chi connectivity index (χ0v) is 8.24. The average Bonchev–Trinajstić information content (AvgIpc) is 1.83. The number of carbonyl (C=O) groups is 1. The van der Waals surface area contributed by atoms with Gasteiger partial charge in [0.25, 0.3) is 0 Å². The summed E-state index contributed by atoms with van der Waals surface area (Å²) in [6.07, 6.45) is 0. The fourth-order valence-corrected chi connectivity index (χ4v) is 0.571. The molecule has 0 aromatic heterocycles. The van der Waals surface area contributed by atoms with Gasteiger partial charge in [0, 0.05) is 12.3 Å². The van der Waals surface area contributed by atoms with Gasteiger partial charge >= 0.3 is 5.97 Å². The fourth-order valence-electron chi connectivity index (χ4n) is 0.252. The van der Waals surface area contributed by atoms with E-state index in [9.17, 15) is 4.79 Å². The Morgan fingerprint density at radius 2 is 2.33 bits per heavy atom. The molecule has 0 bridgehead atoms. The summed E-state index contributed by atoms with van der Waals surface area (Å²) in [6, 6.07) is 0. The second kappa shape index (κ2) is 5.23. The van der Waals surface area contributed by atoms with Crippen LogP contribution in [-0.2, 0) is 9.53 Å². The molecule has 0 fully saturated rings. The lowest BCUT2D eigenvalue weighted by Crippen LogP contribution is -2.12. The molecule has 0 aliphatic rings. The molecule has 9 heavy (non-hydrogen) atoms. The molecule has 1 atom stereocenters. The Labute approximate surface area is 71.2 Å². The lowest BCUT2D eigenvalue weighted by Gasteiger charge is -2.03. The van der Waals surface area contributed by atoms with E-state index in [1.54, 1.807) is 0 Å². The summed E-state index contributed by atoms with van der Waals surface area (Å²) in [7, 11) is 0. The summed E-state index contributed by atoms with van der Waals surface area (Å²) in [6.45, 7) is 1.83. The van der Waals surface area contributed by atoms with E-state index in [0.717, 1.165) is 5.33 Å². The maximum Gasteiger partial charge on any atom is 0.302 e. The van der Waals surface area contributed by atoms with Gasteiger partial charge in [0.2, 0.25) is 0 Å². The van der Waals surface area contributed by atoms with Gasteiger partial charge in [-0.1, -0.05) is 31.9 Å². The van der Waals surface area contributed by atoms with Crippen LogP contribution in [0.1, 0.15) is 6.92 Å². The lowest BCUT2D eigenvalue weighted by atomic mass is 10.5. The normalized spacial score (nSPS) is 12.8. The van der Waals surface area contributed by atoms with Crippen LogP contribution in [0.15, 0.2) is 0 Å². The SMILES string of the molecule is CC(=O)OC[C@@H](Br)CBr. The first-order chi connectivity index (χ1) is 4.16. The van der Waals surface area contributed by atoms with E-state index in [4.69, 9.17) is 0 Å². The highest BCUT2D eigenvalue weighted by Gasteiger charge is 2.02. The van der Waals surface area contributed by atoms with Crippen molar-refractivity contribution >= 4 is 37.8 Å². The summed E-state index contributed by atoms with van der Waals surface area (Å²) < 4.78 is 4.68. The molecular formula is C5H8Br2O2. The summed E-state index contributed by atoms with van der Waals surface area (Å²) in [4.78, 5) is 10.4. The van der Waals surface area contributed by atoms with Gasteiger partial charge in [-0.2, -0.15) is 0 Å². The standard InChI is InChI=1S/C5H8Br2O2/c1-4(8)9-3-5(7)2-6/h5H,2-3H2,1H3/t5-/m0/s1. The van der Waals surface area contributed by atoms with Crippen LogP contribution < -0.4 is 0 Å². The van der Waals surface area contributed by atoms with Crippen LogP contribution in [0.4, 0.5) is 0 Å². The van der Waals surface area contributed by atoms with Gasteiger partial charge in [-0.3, -0.25) is 4.79 Å². The number of rotatable bonds is 3. The molecule has 0 aliphatic heterocycles. The Hall–Kier alpha value is 0.430. The van der Waals surface area contributed by atoms with Crippen molar-refractivity contribution in [2.45, 2.75) is 11.8 Å². The van der Waals surface area contributed by atoms with Crippen molar-refractivity contribution in [2.24, 2.45) is 0 Å². The van der Waals surface area contributed by atoms with Crippen LogP contribution in [0.2, 0.25) is 0 Å². The second-order valence-corrected chi connectivity index (χ2v) is 3.50. The molecule has 0 aliphatic carbocycles. The number of hydrogen-bond acceptors (Lipinski definition) is 2. The third-order valence-corrected chi connectivity index (χ3v) is 2.87. The lowest BCUT2D eigenvalue weighted by molar-refractivity contribution is -0.140. The Morgan fingerprint density at radius 3 is 2.67 bits per heavy atom. The number of halogens is 2. The monoisotopic (exact) mass is 258 g/mol. The molecule has 0 unspecified atom stereocenters. The molecular weight excluding hydrogens is 252 g/mol. The molecule has 0 amide bonds. The molecule has 0 saturated carbocycles. The minimum absolute atomic E-state index is 0.224. The molecule has 4 heteroatoms. The van der Waals surface area contributed by atoms with Gasteiger partial charge in [-0.25, -0.2) is 0 Å². The number of hydrogen-bond donors (Lipinski definition) is 0. The molecule has 0 aromatic rings. The van der Waals surface area contributed by atoms with Crippen molar-refractivity contribution < 1.29 is 9.53 Å². The quantitative estimate of drug-likeness (QED) is 0.570. The first kappa shape index (κ1) is 9.43. The first-order valence-corrected chi connectivity index (χ1v) is 4.54. The number of alkyl halides is 2. The highest BCUT2D eigenvalue weighted by molar-refractivity contribution is 9.12. The van der Waals surface area contributed by atoms with Crippen molar-refractivity contribution in [1.82, 2.24) is 0 Å². The van der Waals surface area contributed by atoms with Gasteiger partial charge in [-0.15, -0.1) is 0 Å². The van der Waals surface area contributed by atoms with Crippen LogP contribution in [0, 0.1) is 0 Å². The van der Waals surface area contributed by atoms with Gasteiger partial charge in [-0.05, 0) is 0 Å². The van der Waals surface area contributed by atoms with Gasteiger partial charge in [0.1, 0.15) is 6.61 Å². The third-order valence-electron chi connectivity index (χ3n) is 0.635. The van der Waals surface area contributed by atoms with E-state index in [1.807, 2.05) is 0 Å². The van der Waals surface area contributed by atoms with E-state index in [0.29, 0.717) is 6.61 Å². The zero-order valence-electron chi connectivity index (χ0n) is 5.06.